The molecule has 3 saturated heterocycles. The van der Waals surface area contributed by atoms with Gasteiger partial charge in [-0.25, -0.2) is 38.2 Å². The number of aliphatic hydroxyl groups is 3. The van der Waals surface area contributed by atoms with E-state index in [2.05, 4.69) is 48.5 Å². The smallest absolute Gasteiger partial charge is 0.490 e. The van der Waals surface area contributed by atoms with Crippen molar-refractivity contribution >= 4 is 88.4 Å². The number of aryl methyl sites for hydroxylation is 1. The molecular weight excluding hydrogens is 1190 g/mol. The van der Waals surface area contributed by atoms with Crippen LogP contribution in [0.3, 0.4) is 0 Å². The highest BCUT2D eigenvalue weighted by Crippen LogP contribution is 2.68. The molecule has 40 nitrogen and oxygen atoms in total. The van der Waals surface area contributed by atoms with Crippen LogP contribution in [-0.4, -0.2) is 183 Å². The molecule has 3 fully saturated rings. The number of aromatic amines is 2. The summed E-state index contributed by atoms with van der Waals surface area (Å²) in [5.74, 6) is -2.22. The molecule has 9 heterocycles. The van der Waals surface area contributed by atoms with Crippen molar-refractivity contribution in [2.75, 3.05) is 57.2 Å². The van der Waals surface area contributed by atoms with Gasteiger partial charge in [0.15, 0.2) is 35.1 Å². The average Bonchev–Trinajstić information content (AvgIpc) is 3.77. The van der Waals surface area contributed by atoms with Crippen LogP contribution in [-0.2, 0) is 75.8 Å². The van der Waals surface area contributed by atoms with Crippen LogP contribution in [0.4, 0.5) is 17.7 Å². The van der Waals surface area contributed by atoms with Gasteiger partial charge in [0.1, 0.15) is 54.6 Å². The highest BCUT2D eigenvalue weighted by atomic mass is 31.3. The minimum absolute atomic E-state index is 0.00429. The Labute approximate surface area is 458 Å². The van der Waals surface area contributed by atoms with Crippen LogP contribution >= 0.6 is 31.3 Å². The zero-order valence-corrected chi connectivity index (χ0v) is 46.5. The Bertz CT molecular complexity index is 3700. The van der Waals surface area contributed by atoms with Crippen LogP contribution in [0.1, 0.15) is 39.0 Å². The number of imidazole rings is 3. The molecule has 44 heteroatoms. The number of hydrogen-bond donors (Lipinski definition) is 11. The first-order chi connectivity index (χ1) is 38.5. The number of carbonyl (C=O) groups excluding carboxylic acids is 1. The molecule has 0 spiro atoms. The number of rotatable bonds is 23. The van der Waals surface area contributed by atoms with Gasteiger partial charge in [0.05, 0.1) is 45.6 Å². The molecule has 0 aliphatic carbocycles. The van der Waals surface area contributed by atoms with Crippen LogP contribution < -0.4 is 37.8 Å². The summed E-state index contributed by atoms with van der Waals surface area (Å²) < 4.78 is 111. The van der Waals surface area contributed by atoms with Gasteiger partial charge in [-0.1, -0.05) is 6.92 Å². The number of nitrogen functional groups attached to an aromatic ring is 3. The zero-order chi connectivity index (χ0) is 59.5. The number of phosphoric ester groups is 3. The predicted molar refractivity (Wildman–Crippen MR) is 267 cm³/mol. The van der Waals surface area contributed by atoms with E-state index in [0.717, 1.165) is 30.7 Å². The second kappa shape index (κ2) is 23.4. The molecule has 3 aliphatic rings. The maximum atomic E-state index is 13.7. The molecule has 6 aromatic rings. The lowest BCUT2D eigenvalue weighted by molar-refractivity contribution is -0.646. The van der Waals surface area contributed by atoms with Crippen molar-refractivity contribution in [1.29, 1.82) is 0 Å². The third kappa shape index (κ3) is 12.4. The Kier molecular flexibility index (Phi) is 17.4. The molecule has 1 amide bonds. The molecule has 82 heavy (non-hydrogen) atoms. The van der Waals surface area contributed by atoms with E-state index in [1.165, 1.54) is 32.0 Å². The lowest BCUT2D eigenvalue weighted by Crippen LogP contribution is -2.42. The number of fused-ring (bicyclic) bond motifs is 3. The summed E-state index contributed by atoms with van der Waals surface area (Å²) in [7, 11) is -21.3. The van der Waals surface area contributed by atoms with E-state index in [-0.39, 0.29) is 76.6 Å². The molecular formula is C38H54N16O24P4. The average molecular weight is 1240 g/mol. The van der Waals surface area contributed by atoms with Gasteiger partial charge >= 0.3 is 29.0 Å². The number of H-pyrrole nitrogens is 2. The van der Waals surface area contributed by atoms with Crippen molar-refractivity contribution < 1.29 is 108 Å². The van der Waals surface area contributed by atoms with E-state index < -0.39 is 136 Å². The van der Waals surface area contributed by atoms with Crippen molar-refractivity contribution in [3.05, 3.63) is 46.0 Å². The predicted octanol–water partition coefficient (Wildman–Crippen LogP) is -3.83. The maximum absolute atomic E-state index is 13.7. The summed E-state index contributed by atoms with van der Waals surface area (Å²) in [6.07, 6.45) is -13.6. The van der Waals surface area contributed by atoms with Crippen LogP contribution in [0.2, 0.25) is 0 Å². The van der Waals surface area contributed by atoms with Gasteiger partial charge < -0.3 is 85.0 Å². The lowest BCUT2D eigenvalue weighted by atomic mass is 9.97. The lowest BCUT2D eigenvalue weighted by Gasteiger charge is -2.31. The molecule has 4 unspecified atom stereocenters. The van der Waals surface area contributed by atoms with Crippen molar-refractivity contribution in [3.63, 3.8) is 0 Å². The number of amides is 1. The molecule has 450 valence electrons. The Balaban J connectivity index is 0.884. The first-order valence-electron chi connectivity index (χ1n) is 24.1. The molecule has 0 aromatic carbocycles. The van der Waals surface area contributed by atoms with Crippen LogP contribution in [0.15, 0.2) is 34.9 Å². The van der Waals surface area contributed by atoms with Gasteiger partial charge in [0, 0.05) is 32.5 Å². The number of carbonyl (C=O) groups is 1. The second-order valence-electron chi connectivity index (χ2n) is 18.4. The van der Waals surface area contributed by atoms with Gasteiger partial charge in [-0.3, -0.25) is 47.1 Å². The van der Waals surface area contributed by atoms with E-state index in [0.29, 0.717) is 0 Å². The number of aliphatic hydroxyl groups excluding tert-OH is 3. The van der Waals surface area contributed by atoms with Crippen molar-refractivity contribution in [3.8, 4) is 0 Å². The zero-order valence-electron chi connectivity index (χ0n) is 43.0. The molecule has 9 rings (SSSR count). The maximum Gasteiger partial charge on any atom is 0.490 e. The highest BCUT2D eigenvalue weighted by Gasteiger charge is 2.53. The highest BCUT2D eigenvalue weighted by molar-refractivity contribution is 7.66. The molecule has 0 saturated carbocycles. The van der Waals surface area contributed by atoms with E-state index in [9.17, 15) is 67.5 Å². The Morgan fingerprint density at radius 2 is 1.30 bits per heavy atom. The summed E-state index contributed by atoms with van der Waals surface area (Å²) in [6.45, 7) is -0.244. The molecule has 3 aliphatic heterocycles. The third-order valence-electron chi connectivity index (χ3n) is 13.2. The first-order valence-corrected chi connectivity index (χ1v) is 30.1. The molecule has 0 radical (unpaired) electrons. The summed E-state index contributed by atoms with van der Waals surface area (Å²) in [5.41, 5.74) is 15.6. The number of ether oxygens (including phenoxy) is 4. The van der Waals surface area contributed by atoms with Crippen molar-refractivity contribution in [2.45, 2.75) is 87.8 Å². The number of nitrogens with zero attached hydrogens (tertiary/aromatic N) is 11. The van der Waals surface area contributed by atoms with Crippen LogP contribution in [0, 0.1) is 5.92 Å². The van der Waals surface area contributed by atoms with Gasteiger partial charge in [0.2, 0.25) is 30.4 Å². The van der Waals surface area contributed by atoms with E-state index in [4.69, 9.17) is 54.2 Å². The summed E-state index contributed by atoms with van der Waals surface area (Å²) >= 11 is 0. The number of anilines is 3. The van der Waals surface area contributed by atoms with E-state index in [1.807, 2.05) is 0 Å². The second-order valence-corrected chi connectivity index (χ2v) is 24.4. The minimum atomic E-state index is -6.25. The molecule has 6 aromatic heterocycles. The van der Waals surface area contributed by atoms with Gasteiger partial charge in [-0.2, -0.15) is 23.2 Å². The number of aromatic nitrogens is 12. The first kappa shape index (κ1) is 60.9. The monoisotopic (exact) mass is 1240 g/mol. The SMILES string of the molecule is CCC(=O)N(CC)C[C@H]1[C@@H](O)[C@H](n2c[n+](C)c3c(=O)[nH]c(N)nc32)O[C@@H]1COP(=O)(O)OP(=O)(O)OP(=O)(O)OC[C@H]1O[C@@H](n2cnc3c(N)ncnc32)[C@H](OC)[C@@H]1OP(=O)([O-])OC[C@H]1O[C@@H](n2cnc3c(=O)[nH]c(N)nc32)[C@H](O)[C@@H]1O. The van der Waals surface area contributed by atoms with Crippen LogP contribution in [0.5, 0.6) is 0 Å². The normalized spacial score (nSPS) is 28.8. The fourth-order valence-corrected chi connectivity index (χ4v) is 13.9. The van der Waals surface area contributed by atoms with Crippen molar-refractivity contribution in [2.24, 2.45) is 13.0 Å². The van der Waals surface area contributed by atoms with Gasteiger partial charge in [-0.05, 0) is 6.92 Å². The number of hydrogen-bond acceptors (Lipinski definition) is 30. The van der Waals surface area contributed by atoms with Crippen molar-refractivity contribution in [1.82, 2.24) is 58.5 Å². The fourth-order valence-electron chi connectivity index (χ4n) is 9.48. The molecule has 16 atom stereocenters. The van der Waals surface area contributed by atoms with Gasteiger partial charge in [-0.15, -0.1) is 0 Å². The Morgan fingerprint density at radius 3 is 1.95 bits per heavy atom. The largest absolute Gasteiger partial charge is 0.756 e. The molecule has 0 bridgehead atoms. The minimum Gasteiger partial charge on any atom is -0.756 e. The standard InChI is InChI=1S/C38H54N16O24P4/c1-5-19(55)51(6-2)7-15-16(73-34(23(15)56)54-14-50(3)22-31(54)47-38(41)49-33(22)60)8-71-80(63,64)77-82(67,68)78-81(65,66)72-10-18-26(27(69-4)36(75-18)52-12-44-20-28(39)42-11-43-29(20)52)76-79(61,62)70-9-17-24(57)25(58)35(74-17)53-13-45-21-30(53)46-37(40)48-32(21)59/h11-18,23-27,34-36,56-58H,5-10H2,1-4H3,(H11-,39,40,41,42,43,46,47,48,49,59,60,61,62,63,64,65,66,67,68)/t15-,16-,17-,18-,23-,24-,25-,26-,27-,34-,35-,36-/m1/s1. The van der Waals surface area contributed by atoms with Gasteiger partial charge in [0.25, 0.3) is 24.5 Å². The summed E-state index contributed by atoms with van der Waals surface area (Å²) in [5, 5.41) is 33.5. The fraction of sp³-hybridized carbons (Fsp3) is 0.579. The van der Waals surface area contributed by atoms with Crippen LogP contribution in [0.25, 0.3) is 33.5 Å². The van der Waals surface area contributed by atoms with E-state index >= 15 is 0 Å². The molecule has 14 N–H and O–H groups in total. The van der Waals surface area contributed by atoms with E-state index in [1.54, 1.807) is 13.8 Å². The number of methoxy groups -OCH3 is 1. The Hall–Kier alpha value is -5.64. The Morgan fingerprint density at radius 1 is 0.732 bits per heavy atom. The number of nitrogens with two attached hydrogens (primary N) is 3. The third-order valence-corrected chi connectivity index (χ3v) is 18.4. The topological polar surface area (TPSA) is 565 Å². The number of nitrogens with one attached hydrogen (secondary N) is 2. The quantitative estimate of drug-likeness (QED) is 0.0216. The summed E-state index contributed by atoms with van der Waals surface area (Å²) in [6, 6.07) is 0. The number of phosphoric acid groups is 4. The summed E-state index contributed by atoms with van der Waals surface area (Å²) in [4.78, 5) is 114.